The van der Waals surface area contributed by atoms with Crippen LogP contribution in [0.5, 0.6) is 0 Å². The van der Waals surface area contributed by atoms with E-state index < -0.39 is 5.91 Å². The first-order chi connectivity index (χ1) is 15.0. The molecule has 0 fully saturated rings. The van der Waals surface area contributed by atoms with Crippen LogP contribution in [0, 0.1) is 0 Å². The standard InChI is InChI=1S/C23H21N5O3/c1-13-14(2)28-19(23(30)24-13)11-16-8-9-18(25-21(16)28)22(29)26-20-12-17(31-27-20)10-15-6-4-3-5-7-15/h3-9,11-14H,10H2,1-2H3,(H,24,30)(H,26,27,29). The number of anilines is 1. The summed E-state index contributed by atoms with van der Waals surface area (Å²) in [5.41, 5.74) is 2.50. The number of pyridine rings is 1. The molecule has 1 aliphatic heterocycles. The van der Waals surface area contributed by atoms with Crippen molar-refractivity contribution in [2.24, 2.45) is 0 Å². The van der Waals surface area contributed by atoms with Gasteiger partial charge < -0.3 is 19.7 Å². The van der Waals surface area contributed by atoms with Crippen LogP contribution >= 0.6 is 0 Å². The van der Waals surface area contributed by atoms with Crippen molar-refractivity contribution in [3.05, 3.63) is 77.3 Å². The van der Waals surface area contributed by atoms with Gasteiger partial charge in [0.05, 0.1) is 6.04 Å². The molecule has 1 aliphatic rings. The number of benzene rings is 1. The molecular formula is C23H21N5O3. The minimum Gasteiger partial charge on any atom is -0.359 e. The van der Waals surface area contributed by atoms with Crippen molar-refractivity contribution < 1.29 is 14.1 Å². The van der Waals surface area contributed by atoms with E-state index in [0.29, 0.717) is 29.3 Å². The fourth-order valence-electron chi connectivity index (χ4n) is 3.87. The molecule has 1 aromatic carbocycles. The molecule has 5 rings (SSSR count). The number of nitrogens with zero attached hydrogens (tertiary/aromatic N) is 3. The van der Waals surface area contributed by atoms with Crippen molar-refractivity contribution in [2.75, 3.05) is 5.32 Å². The first kappa shape index (κ1) is 19.0. The number of fused-ring (bicyclic) bond motifs is 3. The largest absolute Gasteiger partial charge is 0.359 e. The predicted octanol–water partition coefficient (Wildman–Crippen LogP) is 3.56. The maximum absolute atomic E-state index is 12.8. The Hall–Kier alpha value is -3.94. The van der Waals surface area contributed by atoms with Crippen LogP contribution in [0.4, 0.5) is 5.82 Å². The highest BCUT2D eigenvalue weighted by Gasteiger charge is 2.30. The SMILES string of the molecule is CC1NC(=O)c2cc3ccc(C(=O)Nc4cc(Cc5ccccc5)on4)nc3n2C1C. The number of carbonyl (C=O) groups is 2. The number of rotatable bonds is 4. The first-order valence-electron chi connectivity index (χ1n) is 10.1. The molecule has 0 aliphatic carbocycles. The topological polar surface area (TPSA) is 102 Å². The molecule has 31 heavy (non-hydrogen) atoms. The Morgan fingerprint density at radius 1 is 1.16 bits per heavy atom. The second-order valence-corrected chi connectivity index (χ2v) is 7.81. The summed E-state index contributed by atoms with van der Waals surface area (Å²) in [6.45, 7) is 3.97. The second-order valence-electron chi connectivity index (χ2n) is 7.81. The highest BCUT2D eigenvalue weighted by atomic mass is 16.5. The van der Waals surface area contributed by atoms with Crippen LogP contribution in [0.15, 0.2) is 59.1 Å². The number of hydrogen-bond acceptors (Lipinski definition) is 5. The third-order valence-electron chi connectivity index (χ3n) is 5.66. The maximum atomic E-state index is 12.8. The third kappa shape index (κ3) is 3.46. The van der Waals surface area contributed by atoms with Gasteiger partial charge in [-0.05, 0) is 37.6 Å². The lowest BCUT2D eigenvalue weighted by atomic mass is 10.1. The number of hydrogen-bond donors (Lipinski definition) is 2. The lowest BCUT2D eigenvalue weighted by molar-refractivity contribution is 0.0891. The third-order valence-corrected chi connectivity index (χ3v) is 5.66. The van der Waals surface area contributed by atoms with E-state index in [1.54, 1.807) is 24.3 Å². The number of carbonyl (C=O) groups excluding carboxylic acids is 2. The molecular weight excluding hydrogens is 394 g/mol. The Bertz CT molecular complexity index is 1290. The quantitative estimate of drug-likeness (QED) is 0.531. The average molecular weight is 415 g/mol. The fraction of sp³-hybridized carbons (Fsp3) is 0.217. The van der Waals surface area contributed by atoms with Gasteiger partial charge in [0.25, 0.3) is 11.8 Å². The van der Waals surface area contributed by atoms with Crippen LogP contribution in [0.2, 0.25) is 0 Å². The van der Waals surface area contributed by atoms with Crippen molar-refractivity contribution in [1.82, 2.24) is 20.0 Å². The smallest absolute Gasteiger partial charge is 0.275 e. The predicted molar refractivity (Wildman–Crippen MR) is 115 cm³/mol. The molecule has 4 heterocycles. The molecule has 2 N–H and O–H groups in total. The van der Waals surface area contributed by atoms with E-state index >= 15 is 0 Å². The van der Waals surface area contributed by atoms with E-state index in [0.717, 1.165) is 10.9 Å². The molecule has 4 aromatic rings. The molecule has 0 bridgehead atoms. The number of aromatic nitrogens is 3. The highest BCUT2D eigenvalue weighted by Crippen LogP contribution is 2.28. The van der Waals surface area contributed by atoms with Crippen LogP contribution in [0.25, 0.3) is 11.0 Å². The second kappa shape index (κ2) is 7.39. The molecule has 0 saturated heterocycles. The average Bonchev–Trinajstić information content (AvgIpc) is 3.37. The summed E-state index contributed by atoms with van der Waals surface area (Å²) in [5, 5.41) is 10.4. The van der Waals surface area contributed by atoms with Crippen molar-refractivity contribution in [3.8, 4) is 0 Å². The molecule has 8 nitrogen and oxygen atoms in total. The molecule has 156 valence electrons. The van der Waals surface area contributed by atoms with Gasteiger partial charge in [0.15, 0.2) is 5.82 Å². The molecule has 2 amide bonds. The van der Waals surface area contributed by atoms with E-state index in [1.165, 1.54) is 0 Å². The van der Waals surface area contributed by atoms with Crippen LogP contribution in [0.1, 0.15) is 52.2 Å². The Labute approximate surface area is 178 Å². The highest BCUT2D eigenvalue weighted by molar-refractivity contribution is 6.04. The molecule has 0 spiro atoms. The summed E-state index contributed by atoms with van der Waals surface area (Å²) < 4.78 is 7.23. The normalized spacial score (nSPS) is 17.9. The van der Waals surface area contributed by atoms with Crippen molar-refractivity contribution >= 4 is 28.7 Å². The van der Waals surface area contributed by atoms with Crippen molar-refractivity contribution in [2.45, 2.75) is 32.4 Å². The van der Waals surface area contributed by atoms with E-state index in [9.17, 15) is 9.59 Å². The van der Waals surface area contributed by atoms with Crippen LogP contribution in [-0.2, 0) is 6.42 Å². The molecule has 2 unspecified atom stereocenters. The van der Waals surface area contributed by atoms with E-state index in [-0.39, 0.29) is 23.7 Å². The molecule has 2 atom stereocenters. The van der Waals surface area contributed by atoms with Gasteiger partial charge in [0.2, 0.25) is 0 Å². The monoisotopic (exact) mass is 415 g/mol. The van der Waals surface area contributed by atoms with Gasteiger partial charge in [0.1, 0.15) is 22.8 Å². The van der Waals surface area contributed by atoms with Gasteiger partial charge in [-0.1, -0.05) is 35.5 Å². The maximum Gasteiger partial charge on any atom is 0.275 e. The molecule has 0 saturated carbocycles. The lowest BCUT2D eigenvalue weighted by Crippen LogP contribution is -2.44. The van der Waals surface area contributed by atoms with Crippen molar-refractivity contribution in [3.63, 3.8) is 0 Å². The van der Waals surface area contributed by atoms with E-state index in [4.69, 9.17) is 4.52 Å². The van der Waals surface area contributed by atoms with Gasteiger partial charge in [-0.3, -0.25) is 9.59 Å². The molecule has 0 radical (unpaired) electrons. The zero-order valence-electron chi connectivity index (χ0n) is 17.1. The Kier molecular flexibility index (Phi) is 4.54. The number of amides is 2. The van der Waals surface area contributed by atoms with Crippen molar-refractivity contribution in [1.29, 1.82) is 0 Å². The van der Waals surface area contributed by atoms with Crippen LogP contribution < -0.4 is 10.6 Å². The summed E-state index contributed by atoms with van der Waals surface area (Å²) in [6, 6.07) is 16.8. The van der Waals surface area contributed by atoms with Gasteiger partial charge in [-0.25, -0.2) is 4.98 Å². The van der Waals surface area contributed by atoms with Gasteiger partial charge in [-0.2, -0.15) is 0 Å². The van der Waals surface area contributed by atoms with E-state index in [1.807, 2.05) is 48.7 Å². The van der Waals surface area contributed by atoms with Gasteiger partial charge in [0, 0.05) is 23.9 Å². The summed E-state index contributed by atoms with van der Waals surface area (Å²) in [6.07, 6.45) is 0.586. The minimum atomic E-state index is -0.391. The first-order valence-corrected chi connectivity index (χ1v) is 10.1. The zero-order valence-corrected chi connectivity index (χ0v) is 17.1. The zero-order chi connectivity index (χ0) is 21.5. The fourth-order valence-corrected chi connectivity index (χ4v) is 3.87. The Balaban J connectivity index is 1.39. The molecule has 3 aromatic heterocycles. The Morgan fingerprint density at radius 2 is 1.97 bits per heavy atom. The van der Waals surface area contributed by atoms with Crippen LogP contribution in [0.3, 0.4) is 0 Å². The molecule has 8 heteroatoms. The summed E-state index contributed by atoms with van der Waals surface area (Å²) in [7, 11) is 0. The lowest BCUT2D eigenvalue weighted by Gasteiger charge is -2.29. The van der Waals surface area contributed by atoms with E-state index in [2.05, 4.69) is 20.8 Å². The number of nitrogens with one attached hydrogen (secondary N) is 2. The van der Waals surface area contributed by atoms with Crippen LogP contribution in [-0.4, -0.2) is 32.6 Å². The van der Waals surface area contributed by atoms with Gasteiger partial charge >= 0.3 is 0 Å². The van der Waals surface area contributed by atoms with Gasteiger partial charge in [-0.15, -0.1) is 0 Å². The summed E-state index contributed by atoms with van der Waals surface area (Å²) in [5.74, 6) is 0.455. The minimum absolute atomic E-state index is 0.0205. The Morgan fingerprint density at radius 3 is 2.77 bits per heavy atom. The summed E-state index contributed by atoms with van der Waals surface area (Å²) in [4.78, 5) is 29.7. The summed E-state index contributed by atoms with van der Waals surface area (Å²) >= 11 is 0.